The fourth-order valence-corrected chi connectivity index (χ4v) is 4.96. The van der Waals surface area contributed by atoms with Crippen LogP contribution in [-0.2, 0) is 9.59 Å². The lowest BCUT2D eigenvalue weighted by atomic mass is 9.61. The molecule has 4 heteroatoms. The number of carboxylic acids is 1. The van der Waals surface area contributed by atoms with Gasteiger partial charge in [0.05, 0.1) is 0 Å². The summed E-state index contributed by atoms with van der Waals surface area (Å²) in [5, 5.41) is 9.91. The summed E-state index contributed by atoms with van der Waals surface area (Å²) >= 11 is 0. The van der Waals surface area contributed by atoms with Crippen molar-refractivity contribution in [1.29, 1.82) is 0 Å². The molecule has 4 unspecified atom stereocenters. The zero-order valence-corrected chi connectivity index (χ0v) is 14.7. The molecule has 1 aliphatic carbocycles. The molecule has 0 bridgehead atoms. The van der Waals surface area contributed by atoms with Crippen molar-refractivity contribution in [3.8, 4) is 0 Å². The van der Waals surface area contributed by atoms with Crippen LogP contribution in [0.1, 0.15) is 66.7 Å². The number of carbonyl (C=O) groups is 2. The summed E-state index contributed by atoms with van der Waals surface area (Å²) in [6, 6.07) is 0. The van der Waals surface area contributed by atoms with Crippen molar-refractivity contribution in [3.63, 3.8) is 0 Å². The molecule has 0 aromatic carbocycles. The minimum atomic E-state index is -1.08. The summed E-state index contributed by atoms with van der Waals surface area (Å²) in [6.45, 7) is 11.2. The van der Waals surface area contributed by atoms with Crippen molar-refractivity contribution in [1.82, 2.24) is 4.90 Å². The molecule has 4 nitrogen and oxygen atoms in total. The van der Waals surface area contributed by atoms with Crippen molar-refractivity contribution >= 4 is 11.9 Å². The SMILES string of the molecule is CC1CC(C(C)C(C)(C(=O)O)N2CCCC2=O)CC(C)(C)C1. The molecular weight excluding hydrogens is 278 g/mol. The van der Waals surface area contributed by atoms with E-state index in [1.54, 1.807) is 11.8 Å². The molecule has 0 radical (unpaired) electrons. The van der Waals surface area contributed by atoms with Gasteiger partial charge in [-0.1, -0.05) is 27.7 Å². The Morgan fingerprint density at radius 3 is 2.50 bits per heavy atom. The fourth-order valence-electron chi connectivity index (χ4n) is 4.96. The molecule has 2 rings (SSSR count). The van der Waals surface area contributed by atoms with Gasteiger partial charge in [0.2, 0.25) is 5.91 Å². The van der Waals surface area contributed by atoms with E-state index in [2.05, 4.69) is 20.8 Å². The number of carboxylic acid groups (broad SMARTS) is 1. The van der Waals surface area contributed by atoms with Crippen LogP contribution in [0, 0.1) is 23.2 Å². The molecular formula is C18H31NO3. The molecule has 0 spiro atoms. The topological polar surface area (TPSA) is 57.6 Å². The first kappa shape index (κ1) is 17.3. The molecule has 2 fully saturated rings. The second-order valence-electron chi connectivity index (χ2n) is 8.56. The first-order chi connectivity index (χ1) is 10.1. The highest BCUT2D eigenvalue weighted by molar-refractivity contribution is 5.88. The second kappa shape index (κ2) is 5.86. The maximum absolute atomic E-state index is 12.2. The maximum atomic E-state index is 12.2. The quantitative estimate of drug-likeness (QED) is 0.864. The molecule has 0 aromatic heterocycles. The molecule has 1 saturated heterocycles. The highest BCUT2D eigenvalue weighted by Crippen LogP contribution is 2.48. The predicted molar refractivity (Wildman–Crippen MR) is 86.4 cm³/mol. The molecule has 0 aromatic rings. The molecule has 1 saturated carbocycles. The summed E-state index contributed by atoms with van der Waals surface area (Å²) < 4.78 is 0. The van der Waals surface area contributed by atoms with E-state index >= 15 is 0 Å². The third kappa shape index (κ3) is 3.02. The predicted octanol–water partition coefficient (Wildman–Crippen LogP) is 3.55. The van der Waals surface area contributed by atoms with E-state index < -0.39 is 11.5 Å². The van der Waals surface area contributed by atoms with Crippen LogP contribution < -0.4 is 0 Å². The van der Waals surface area contributed by atoms with Crippen molar-refractivity contribution in [2.75, 3.05) is 6.54 Å². The Morgan fingerprint density at radius 1 is 1.41 bits per heavy atom. The average Bonchev–Trinajstić information content (AvgIpc) is 2.81. The maximum Gasteiger partial charge on any atom is 0.329 e. The first-order valence-corrected chi connectivity index (χ1v) is 8.62. The Morgan fingerprint density at radius 2 is 2.05 bits per heavy atom. The van der Waals surface area contributed by atoms with Crippen LogP contribution in [0.15, 0.2) is 0 Å². The summed E-state index contributed by atoms with van der Waals surface area (Å²) in [5.41, 5.74) is -0.823. The first-order valence-electron chi connectivity index (χ1n) is 8.62. The number of amides is 1. The monoisotopic (exact) mass is 309 g/mol. The van der Waals surface area contributed by atoms with Gasteiger partial charge in [-0.2, -0.15) is 0 Å². The Balaban J connectivity index is 2.28. The molecule has 1 N–H and O–H groups in total. The Labute approximate surface area is 134 Å². The van der Waals surface area contributed by atoms with Crippen LogP contribution in [0.2, 0.25) is 0 Å². The van der Waals surface area contributed by atoms with Gasteiger partial charge in [0.1, 0.15) is 5.54 Å². The van der Waals surface area contributed by atoms with Gasteiger partial charge >= 0.3 is 5.97 Å². The van der Waals surface area contributed by atoms with E-state index in [0.29, 0.717) is 24.8 Å². The van der Waals surface area contributed by atoms with Crippen LogP contribution in [0.4, 0.5) is 0 Å². The molecule has 1 heterocycles. The van der Waals surface area contributed by atoms with Gasteiger partial charge in [-0.15, -0.1) is 0 Å². The highest BCUT2D eigenvalue weighted by Gasteiger charge is 2.51. The Kier molecular flexibility index (Phi) is 4.61. The Bertz CT molecular complexity index is 459. The largest absolute Gasteiger partial charge is 0.479 e. The van der Waals surface area contributed by atoms with Crippen molar-refractivity contribution in [2.24, 2.45) is 23.2 Å². The number of likely N-dealkylation sites (tertiary alicyclic amines) is 1. The van der Waals surface area contributed by atoms with Crippen LogP contribution >= 0.6 is 0 Å². The lowest BCUT2D eigenvalue weighted by Crippen LogP contribution is -2.59. The normalized spacial score (nSPS) is 32.6. The van der Waals surface area contributed by atoms with Gasteiger partial charge in [0, 0.05) is 13.0 Å². The number of hydrogen-bond acceptors (Lipinski definition) is 2. The minimum absolute atomic E-state index is 0.000122. The van der Waals surface area contributed by atoms with Crippen LogP contribution in [-0.4, -0.2) is 34.0 Å². The number of hydrogen-bond donors (Lipinski definition) is 1. The Hall–Kier alpha value is -1.06. The standard InChI is InChI=1S/C18H31NO3/c1-12-9-14(11-17(3,4)10-12)13(2)18(5,16(21)22)19-8-6-7-15(19)20/h12-14H,6-11H2,1-5H3,(H,21,22). The summed E-state index contributed by atoms with van der Waals surface area (Å²) in [4.78, 5) is 25.9. The van der Waals surface area contributed by atoms with Crippen molar-refractivity contribution in [2.45, 2.75) is 72.3 Å². The minimum Gasteiger partial charge on any atom is -0.479 e. The zero-order valence-electron chi connectivity index (χ0n) is 14.7. The van der Waals surface area contributed by atoms with E-state index in [9.17, 15) is 14.7 Å². The van der Waals surface area contributed by atoms with Crippen molar-refractivity contribution in [3.05, 3.63) is 0 Å². The molecule has 4 atom stereocenters. The van der Waals surface area contributed by atoms with E-state index in [0.717, 1.165) is 19.3 Å². The number of aliphatic carboxylic acids is 1. The van der Waals surface area contributed by atoms with Gasteiger partial charge in [0.25, 0.3) is 0 Å². The van der Waals surface area contributed by atoms with E-state index in [1.807, 2.05) is 6.92 Å². The zero-order chi connectivity index (χ0) is 16.7. The van der Waals surface area contributed by atoms with Gasteiger partial charge in [-0.05, 0) is 55.8 Å². The van der Waals surface area contributed by atoms with Crippen LogP contribution in [0.5, 0.6) is 0 Å². The smallest absolute Gasteiger partial charge is 0.329 e. The third-order valence-corrected chi connectivity index (χ3v) is 6.08. The molecule has 22 heavy (non-hydrogen) atoms. The van der Waals surface area contributed by atoms with Crippen LogP contribution in [0.3, 0.4) is 0 Å². The van der Waals surface area contributed by atoms with E-state index in [1.165, 1.54) is 6.42 Å². The van der Waals surface area contributed by atoms with E-state index in [-0.39, 0.29) is 17.2 Å². The average molecular weight is 309 g/mol. The summed E-state index contributed by atoms with van der Waals surface area (Å²) in [7, 11) is 0. The lowest BCUT2D eigenvalue weighted by Gasteiger charge is -2.48. The molecule has 126 valence electrons. The van der Waals surface area contributed by atoms with Crippen LogP contribution in [0.25, 0.3) is 0 Å². The molecule has 2 aliphatic rings. The summed E-state index contributed by atoms with van der Waals surface area (Å²) in [5.74, 6) is 0.0806. The third-order valence-electron chi connectivity index (χ3n) is 6.08. The van der Waals surface area contributed by atoms with Gasteiger partial charge < -0.3 is 10.0 Å². The van der Waals surface area contributed by atoms with Gasteiger partial charge in [-0.3, -0.25) is 4.79 Å². The molecule has 1 amide bonds. The fraction of sp³-hybridized carbons (Fsp3) is 0.889. The van der Waals surface area contributed by atoms with E-state index in [4.69, 9.17) is 0 Å². The number of nitrogens with zero attached hydrogens (tertiary/aromatic N) is 1. The van der Waals surface area contributed by atoms with Gasteiger partial charge in [-0.25, -0.2) is 4.79 Å². The number of carbonyl (C=O) groups excluding carboxylic acids is 1. The summed E-state index contributed by atoms with van der Waals surface area (Å²) in [6.07, 6.45) is 4.57. The number of rotatable bonds is 4. The van der Waals surface area contributed by atoms with Crippen molar-refractivity contribution < 1.29 is 14.7 Å². The highest BCUT2D eigenvalue weighted by atomic mass is 16.4. The second-order valence-corrected chi connectivity index (χ2v) is 8.56. The lowest BCUT2D eigenvalue weighted by molar-refractivity contribution is -0.162. The molecule has 1 aliphatic heterocycles. The van der Waals surface area contributed by atoms with Gasteiger partial charge in [0.15, 0.2) is 0 Å².